The molecule has 5 heteroatoms. The van der Waals surface area contributed by atoms with Crippen molar-refractivity contribution in [1.29, 1.82) is 5.26 Å². The minimum Gasteiger partial charge on any atom is -0.351 e. The number of nitrogens with zero attached hydrogens (tertiary/aromatic N) is 1. The van der Waals surface area contributed by atoms with Gasteiger partial charge in [-0.25, -0.2) is 0 Å². The normalized spacial score (nSPS) is 30.4. The van der Waals surface area contributed by atoms with Crippen LogP contribution in [0.2, 0.25) is 0 Å². The van der Waals surface area contributed by atoms with Crippen LogP contribution in [0.5, 0.6) is 0 Å². The molecule has 0 heterocycles. The maximum atomic E-state index is 13.3. The maximum Gasteiger partial charge on any atom is 0.217 e. The highest BCUT2D eigenvalue weighted by molar-refractivity contribution is 6.04. The molecular weight excluding hydrogens is 496 g/mol. The highest BCUT2D eigenvalue weighted by Gasteiger charge is 2.61. The van der Waals surface area contributed by atoms with E-state index in [2.05, 4.69) is 66.8 Å². The van der Waals surface area contributed by atoms with E-state index in [0.29, 0.717) is 0 Å². The van der Waals surface area contributed by atoms with Gasteiger partial charge in [0, 0.05) is 23.3 Å². The Morgan fingerprint density at radius 3 is 2.08 bits per heavy atom. The van der Waals surface area contributed by atoms with Gasteiger partial charge < -0.3 is 5.32 Å². The first kappa shape index (κ1) is 34.0. The minimum absolute atomic E-state index is 0.00491. The largest absolute Gasteiger partial charge is 0.351 e. The van der Waals surface area contributed by atoms with Crippen molar-refractivity contribution in [2.75, 3.05) is 0 Å². The van der Waals surface area contributed by atoms with Crippen molar-refractivity contribution < 1.29 is 14.4 Å². The van der Waals surface area contributed by atoms with Gasteiger partial charge >= 0.3 is 0 Å². The SMILES string of the molecule is CCC(C)(C)CC[C@@](C)(CC[C@](C)(CC)[C@]1(C)CC[C@H]2C(C)(C)C(=O)C(C#N)=C[C@]2(C)/C1=C/C(C)=O)NC(C)=O. The molecule has 1 fully saturated rings. The predicted molar refractivity (Wildman–Crippen MR) is 163 cm³/mol. The molecule has 224 valence electrons. The first-order chi connectivity index (χ1) is 18.2. The van der Waals surface area contributed by atoms with E-state index >= 15 is 0 Å². The van der Waals surface area contributed by atoms with Crippen molar-refractivity contribution in [2.24, 2.45) is 33.0 Å². The Kier molecular flexibility index (Phi) is 9.83. The topological polar surface area (TPSA) is 87.0 Å². The quantitative estimate of drug-likeness (QED) is 0.261. The number of amides is 1. The van der Waals surface area contributed by atoms with Crippen LogP contribution in [0.1, 0.15) is 134 Å². The number of nitriles is 1. The van der Waals surface area contributed by atoms with E-state index in [4.69, 9.17) is 0 Å². The Morgan fingerprint density at radius 2 is 1.60 bits per heavy atom. The number of hydrogen-bond acceptors (Lipinski definition) is 4. The van der Waals surface area contributed by atoms with Crippen LogP contribution in [-0.2, 0) is 14.4 Å². The van der Waals surface area contributed by atoms with E-state index in [1.165, 1.54) is 0 Å². The summed E-state index contributed by atoms with van der Waals surface area (Å²) in [7, 11) is 0. The number of rotatable bonds is 11. The molecule has 5 nitrogen and oxygen atoms in total. The maximum absolute atomic E-state index is 13.3. The molecule has 0 aromatic carbocycles. The lowest BCUT2D eigenvalue weighted by atomic mass is 9.41. The summed E-state index contributed by atoms with van der Waals surface area (Å²) in [6.07, 6.45) is 11.1. The summed E-state index contributed by atoms with van der Waals surface area (Å²) in [6, 6.07) is 2.17. The van der Waals surface area contributed by atoms with Gasteiger partial charge in [-0.15, -0.1) is 0 Å². The van der Waals surface area contributed by atoms with Gasteiger partial charge in [0.15, 0.2) is 11.6 Å². The Labute approximate surface area is 244 Å². The lowest BCUT2D eigenvalue weighted by Crippen LogP contribution is -2.56. The van der Waals surface area contributed by atoms with Crippen LogP contribution in [0.25, 0.3) is 0 Å². The zero-order valence-corrected chi connectivity index (χ0v) is 27.6. The van der Waals surface area contributed by atoms with E-state index in [0.717, 1.165) is 56.9 Å². The second-order valence-corrected chi connectivity index (χ2v) is 15.3. The molecule has 0 unspecified atom stereocenters. The summed E-state index contributed by atoms with van der Waals surface area (Å²) >= 11 is 0. The Morgan fingerprint density at radius 1 is 1.02 bits per heavy atom. The van der Waals surface area contributed by atoms with Crippen LogP contribution >= 0.6 is 0 Å². The van der Waals surface area contributed by atoms with E-state index < -0.39 is 10.8 Å². The van der Waals surface area contributed by atoms with Gasteiger partial charge in [-0.2, -0.15) is 5.26 Å². The van der Waals surface area contributed by atoms with Gasteiger partial charge in [0.05, 0.1) is 5.57 Å². The van der Waals surface area contributed by atoms with E-state index in [9.17, 15) is 19.6 Å². The highest BCUT2D eigenvalue weighted by Crippen LogP contribution is 2.67. The molecule has 5 atom stereocenters. The van der Waals surface area contributed by atoms with Crippen LogP contribution in [0, 0.1) is 44.3 Å². The average molecular weight is 553 g/mol. The molecule has 0 aromatic rings. The number of carbonyl (C=O) groups excluding carboxylic acids is 3. The molecule has 40 heavy (non-hydrogen) atoms. The first-order valence-corrected chi connectivity index (χ1v) is 15.4. The van der Waals surface area contributed by atoms with Gasteiger partial charge in [-0.05, 0) is 87.0 Å². The number of Topliss-reactive ketones (excluding diaryl/α,β-unsaturated/α-hetero) is 1. The van der Waals surface area contributed by atoms with Crippen LogP contribution in [0.4, 0.5) is 0 Å². The third-order valence-corrected chi connectivity index (χ3v) is 11.6. The molecule has 0 aromatic heterocycles. The van der Waals surface area contributed by atoms with Gasteiger partial charge in [-0.3, -0.25) is 14.4 Å². The van der Waals surface area contributed by atoms with Crippen molar-refractivity contribution in [3.05, 3.63) is 23.3 Å². The summed E-state index contributed by atoms with van der Waals surface area (Å²) in [6.45, 7) is 25.1. The van der Waals surface area contributed by atoms with Crippen LogP contribution in [0.3, 0.4) is 0 Å². The lowest BCUT2D eigenvalue weighted by Gasteiger charge is -2.62. The zero-order chi connectivity index (χ0) is 30.9. The average Bonchev–Trinajstić information content (AvgIpc) is 2.85. The number of allylic oxidation sites excluding steroid dienone is 4. The molecule has 1 amide bonds. The number of ketones is 2. The number of nitrogens with one attached hydrogen (secondary N) is 1. The van der Waals surface area contributed by atoms with E-state index in [1.54, 1.807) is 13.8 Å². The second-order valence-electron chi connectivity index (χ2n) is 15.3. The summed E-state index contributed by atoms with van der Waals surface area (Å²) in [5.41, 5.74) is -0.634. The molecule has 0 radical (unpaired) electrons. The van der Waals surface area contributed by atoms with Gasteiger partial charge in [0.1, 0.15) is 6.07 Å². The molecule has 1 N–H and O–H groups in total. The van der Waals surface area contributed by atoms with Crippen molar-refractivity contribution in [1.82, 2.24) is 5.32 Å². The minimum atomic E-state index is -0.690. The molecule has 2 aliphatic rings. The summed E-state index contributed by atoms with van der Waals surface area (Å²) in [5, 5.41) is 13.2. The molecule has 1 saturated carbocycles. The fourth-order valence-corrected chi connectivity index (χ4v) is 7.90. The zero-order valence-electron chi connectivity index (χ0n) is 27.6. The molecular formula is C35H56N2O3. The molecule has 0 saturated heterocycles. The Bertz CT molecular complexity index is 1120. The predicted octanol–water partition coefficient (Wildman–Crippen LogP) is 8.29. The van der Waals surface area contributed by atoms with E-state index in [1.807, 2.05) is 26.0 Å². The van der Waals surface area contributed by atoms with Crippen molar-refractivity contribution >= 4 is 17.5 Å². The van der Waals surface area contributed by atoms with E-state index in [-0.39, 0.29) is 50.7 Å². The van der Waals surface area contributed by atoms with Crippen LogP contribution in [0.15, 0.2) is 23.3 Å². The fourth-order valence-electron chi connectivity index (χ4n) is 7.90. The van der Waals surface area contributed by atoms with Crippen molar-refractivity contribution in [2.45, 2.75) is 140 Å². The summed E-state index contributed by atoms with van der Waals surface area (Å²) in [4.78, 5) is 38.4. The number of carbonyl (C=O) groups is 3. The fraction of sp³-hybridized carbons (Fsp3) is 0.771. The van der Waals surface area contributed by atoms with Crippen molar-refractivity contribution in [3.8, 4) is 6.07 Å². The molecule has 0 spiro atoms. The first-order valence-electron chi connectivity index (χ1n) is 15.4. The standard InChI is InChI=1S/C35H56N2O3/c1-13-30(5,6)17-19-33(10,37-25(4)39)20-18-32(9,14-2)35(12)16-15-27-31(7,8)29(40)26(23-36)22-34(27,11)28(35)21-24(3)38/h21-22,27H,13-20H2,1-12H3,(H,37,39)/b28-21-/t27-,32-,33-,34-,35+/m0/s1. The monoisotopic (exact) mass is 552 g/mol. The van der Waals surface area contributed by atoms with Gasteiger partial charge in [0.2, 0.25) is 5.91 Å². The third kappa shape index (κ3) is 6.32. The molecule has 0 aliphatic heterocycles. The Hall–Kier alpha value is -2.22. The third-order valence-electron chi connectivity index (χ3n) is 11.6. The smallest absolute Gasteiger partial charge is 0.217 e. The summed E-state index contributed by atoms with van der Waals surface area (Å²) in [5.74, 6) is -0.101. The van der Waals surface area contributed by atoms with Gasteiger partial charge in [-0.1, -0.05) is 80.4 Å². The van der Waals surface area contributed by atoms with Crippen LogP contribution < -0.4 is 5.32 Å². The lowest BCUT2D eigenvalue weighted by molar-refractivity contribution is -0.132. The van der Waals surface area contributed by atoms with Crippen LogP contribution in [-0.4, -0.2) is 23.0 Å². The number of fused-ring (bicyclic) bond motifs is 1. The van der Waals surface area contributed by atoms with Crippen molar-refractivity contribution in [3.63, 3.8) is 0 Å². The Balaban J connectivity index is 2.61. The molecule has 0 bridgehead atoms. The highest BCUT2D eigenvalue weighted by atomic mass is 16.1. The molecule has 2 rings (SSSR count). The van der Waals surface area contributed by atoms with Gasteiger partial charge in [0.25, 0.3) is 0 Å². The molecule has 2 aliphatic carbocycles. The summed E-state index contributed by atoms with van der Waals surface area (Å²) < 4.78 is 0. The number of hydrogen-bond donors (Lipinski definition) is 1. The second kappa shape index (κ2) is 11.6.